The van der Waals surface area contributed by atoms with Gasteiger partial charge in [0.2, 0.25) is 0 Å². The Morgan fingerprint density at radius 1 is 1.27 bits per heavy atom. The Kier molecular flexibility index (Phi) is 2.52. The molecule has 15 heavy (non-hydrogen) atoms. The molecule has 1 spiro atoms. The van der Waals surface area contributed by atoms with Crippen LogP contribution < -0.4 is 0 Å². The third-order valence-corrected chi connectivity index (χ3v) is 4.61. The second kappa shape index (κ2) is 3.74. The number of rotatable bonds is 3. The van der Waals surface area contributed by atoms with Gasteiger partial charge in [-0.2, -0.15) is 0 Å². The molecule has 0 radical (unpaired) electrons. The normalized spacial score (nSPS) is 36.2. The van der Waals surface area contributed by atoms with Gasteiger partial charge in [-0.15, -0.1) is 0 Å². The van der Waals surface area contributed by atoms with E-state index in [1.165, 1.54) is 32.1 Å². The van der Waals surface area contributed by atoms with E-state index in [0.29, 0.717) is 5.92 Å². The molecule has 2 atom stereocenters. The van der Waals surface area contributed by atoms with E-state index in [1.807, 2.05) is 0 Å². The van der Waals surface area contributed by atoms with E-state index in [9.17, 15) is 5.11 Å². The lowest BCUT2D eigenvalue weighted by molar-refractivity contribution is -0.157. The van der Waals surface area contributed by atoms with Crippen LogP contribution in [0.4, 0.5) is 0 Å². The van der Waals surface area contributed by atoms with Crippen LogP contribution in [0.25, 0.3) is 0 Å². The summed E-state index contributed by atoms with van der Waals surface area (Å²) in [4.78, 5) is 0. The van der Waals surface area contributed by atoms with Crippen LogP contribution in [-0.2, 0) is 4.74 Å². The van der Waals surface area contributed by atoms with Crippen LogP contribution in [0.5, 0.6) is 0 Å². The summed E-state index contributed by atoms with van der Waals surface area (Å²) in [7, 11) is 0. The standard InChI is InChI=1S/C13H22O2/c14-12(8-10-2-3-10)11-4-7-15-13(9-11)5-1-6-13/h10-12,14H,1-9H2. The first-order valence-corrected chi connectivity index (χ1v) is 6.59. The maximum absolute atomic E-state index is 10.2. The van der Waals surface area contributed by atoms with Crippen molar-refractivity contribution in [2.24, 2.45) is 11.8 Å². The highest BCUT2D eigenvalue weighted by Crippen LogP contribution is 2.46. The molecule has 1 saturated heterocycles. The minimum absolute atomic E-state index is 0.0427. The molecule has 2 unspecified atom stereocenters. The van der Waals surface area contributed by atoms with Crippen molar-refractivity contribution in [3.63, 3.8) is 0 Å². The molecule has 2 aliphatic carbocycles. The molecule has 0 aromatic heterocycles. The predicted molar refractivity (Wildman–Crippen MR) is 58.6 cm³/mol. The van der Waals surface area contributed by atoms with Crippen molar-refractivity contribution in [2.75, 3.05) is 6.61 Å². The van der Waals surface area contributed by atoms with E-state index in [0.717, 1.165) is 31.8 Å². The van der Waals surface area contributed by atoms with E-state index in [2.05, 4.69) is 0 Å². The van der Waals surface area contributed by atoms with Crippen molar-refractivity contribution < 1.29 is 9.84 Å². The van der Waals surface area contributed by atoms with Crippen molar-refractivity contribution in [1.82, 2.24) is 0 Å². The van der Waals surface area contributed by atoms with Gasteiger partial charge in [0, 0.05) is 6.61 Å². The molecule has 2 saturated carbocycles. The van der Waals surface area contributed by atoms with E-state index < -0.39 is 0 Å². The second-order valence-corrected chi connectivity index (χ2v) is 5.88. The Morgan fingerprint density at radius 2 is 2.07 bits per heavy atom. The number of aliphatic hydroxyl groups is 1. The quantitative estimate of drug-likeness (QED) is 0.775. The van der Waals surface area contributed by atoms with Gasteiger partial charge in [-0.1, -0.05) is 12.8 Å². The molecular weight excluding hydrogens is 188 g/mol. The number of ether oxygens (including phenoxy) is 1. The van der Waals surface area contributed by atoms with Crippen LogP contribution >= 0.6 is 0 Å². The zero-order valence-electron chi connectivity index (χ0n) is 9.45. The highest BCUT2D eigenvalue weighted by atomic mass is 16.5. The molecule has 1 N–H and O–H groups in total. The predicted octanol–water partition coefficient (Wildman–Crippen LogP) is 2.50. The monoisotopic (exact) mass is 210 g/mol. The van der Waals surface area contributed by atoms with Gasteiger partial charge >= 0.3 is 0 Å². The largest absolute Gasteiger partial charge is 0.393 e. The molecule has 0 bridgehead atoms. The molecule has 0 aromatic rings. The minimum atomic E-state index is -0.0427. The van der Waals surface area contributed by atoms with Gasteiger partial charge in [0.05, 0.1) is 11.7 Å². The summed E-state index contributed by atoms with van der Waals surface area (Å²) in [6.07, 6.45) is 9.72. The molecule has 0 aromatic carbocycles. The van der Waals surface area contributed by atoms with Crippen molar-refractivity contribution in [3.8, 4) is 0 Å². The fourth-order valence-electron chi connectivity index (χ4n) is 3.20. The molecule has 1 heterocycles. The smallest absolute Gasteiger partial charge is 0.0686 e. The van der Waals surface area contributed by atoms with E-state index in [-0.39, 0.29) is 11.7 Å². The third-order valence-electron chi connectivity index (χ3n) is 4.61. The molecule has 3 fully saturated rings. The molecule has 0 amide bonds. The summed E-state index contributed by atoms with van der Waals surface area (Å²) >= 11 is 0. The molecule has 1 aliphatic heterocycles. The highest BCUT2D eigenvalue weighted by Gasteiger charge is 2.44. The molecule has 3 aliphatic rings. The fourth-order valence-corrected chi connectivity index (χ4v) is 3.20. The summed E-state index contributed by atoms with van der Waals surface area (Å²) in [5, 5.41) is 10.2. The highest BCUT2D eigenvalue weighted by molar-refractivity contribution is 4.96. The lowest BCUT2D eigenvalue weighted by atomic mass is 9.70. The zero-order chi connectivity index (χ0) is 10.3. The van der Waals surface area contributed by atoms with Crippen molar-refractivity contribution >= 4 is 0 Å². The minimum Gasteiger partial charge on any atom is -0.393 e. The van der Waals surface area contributed by atoms with E-state index in [4.69, 9.17) is 4.74 Å². The molecule has 3 rings (SSSR count). The van der Waals surface area contributed by atoms with Crippen molar-refractivity contribution in [1.29, 1.82) is 0 Å². The molecule has 86 valence electrons. The second-order valence-electron chi connectivity index (χ2n) is 5.88. The topological polar surface area (TPSA) is 29.5 Å². The van der Waals surface area contributed by atoms with E-state index in [1.54, 1.807) is 0 Å². The average Bonchev–Trinajstić information content (AvgIpc) is 2.99. The first kappa shape index (κ1) is 10.1. The van der Waals surface area contributed by atoms with Gasteiger partial charge < -0.3 is 9.84 Å². The Morgan fingerprint density at radius 3 is 2.67 bits per heavy atom. The molecule has 2 heteroatoms. The molecule has 2 nitrogen and oxygen atoms in total. The Bertz CT molecular complexity index is 231. The molecular formula is C13H22O2. The Labute approximate surface area is 92.0 Å². The van der Waals surface area contributed by atoms with Gasteiger partial charge in [-0.05, 0) is 50.4 Å². The maximum atomic E-state index is 10.2. The van der Waals surface area contributed by atoms with Crippen molar-refractivity contribution in [2.45, 2.75) is 63.1 Å². The van der Waals surface area contributed by atoms with Gasteiger partial charge in [0.15, 0.2) is 0 Å². The first-order chi connectivity index (χ1) is 7.27. The van der Waals surface area contributed by atoms with Gasteiger partial charge in [-0.3, -0.25) is 0 Å². The maximum Gasteiger partial charge on any atom is 0.0686 e. The Hall–Kier alpha value is -0.0800. The zero-order valence-corrected chi connectivity index (χ0v) is 9.45. The van der Waals surface area contributed by atoms with Crippen LogP contribution in [0.3, 0.4) is 0 Å². The SMILES string of the molecule is OC(CC1CC1)C1CCOC2(CCC2)C1. The number of hydrogen-bond donors (Lipinski definition) is 1. The lowest BCUT2D eigenvalue weighted by Crippen LogP contribution is -2.47. The summed E-state index contributed by atoms with van der Waals surface area (Å²) in [5.41, 5.74) is 0.202. The third kappa shape index (κ3) is 2.07. The lowest BCUT2D eigenvalue weighted by Gasteiger charge is -2.48. The first-order valence-electron chi connectivity index (χ1n) is 6.59. The summed E-state index contributed by atoms with van der Waals surface area (Å²) in [5.74, 6) is 1.37. The van der Waals surface area contributed by atoms with Gasteiger partial charge in [-0.25, -0.2) is 0 Å². The van der Waals surface area contributed by atoms with Crippen LogP contribution in [-0.4, -0.2) is 23.4 Å². The summed E-state index contributed by atoms with van der Waals surface area (Å²) in [6, 6.07) is 0. The number of hydrogen-bond acceptors (Lipinski definition) is 2. The van der Waals surface area contributed by atoms with Gasteiger partial charge in [0.1, 0.15) is 0 Å². The van der Waals surface area contributed by atoms with Crippen LogP contribution in [0.1, 0.15) is 51.4 Å². The van der Waals surface area contributed by atoms with Gasteiger partial charge in [0.25, 0.3) is 0 Å². The number of aliphatic hydroxyl groups excluding tert-OH is 1. The van der Waals surface area contributed by atoms with Crippen molar-refractivity contribution in [3.05, 3.63) is 0 Å². The fraction of sp³-hybridized carbons (Fsp3) is 1.00. The van der Waals surface area contributed by atoms with Crippen LogP contribution in [0.15, 0.2) is 0 Å². The van der Waals surface area contributed by atoms with E-state index >= 15 is 0 Å². The van der Waals surface area contributed by atoms with Crippen LogP contribution in [0, 0.1) is 11.8 Å². The summed E-state index contributed by atoms with van der Waals surface area (Å²) < 4.78 is 5.89. The summed E-state index contributed by atoms with van der Waals surface area (Å²) in [6.45, 7) is 0.881. The van der Waals surface area contributed by atoms with Crippen LogP contribution in [0.2, 0.25) is 0 Å². The average molecular weight is 210 g/mol. The Balaban J connectivity index is 1.55.